The lowest BCUT2D eigenvalue weighted by molar-refractivity contribution is 0.503. The van der Waals surface area contributed by atoms with Gasteiger partial charge in [-0.2, -0.15) is 5.10 Å². The van der Waals surface area contributed by atoms with E-state index in [9.17, 15) is 0 Å². The lowest BCUT2D eigenvalue weighted by atomic mass is 10.1. The molecule has 1 aromatic rings. The minimum Gasteiger partial charge on any atom is -0.314 e. The molecule has 0 amide bonds. The maximum atomic E-state index is 4.28. The molecule has 2 unspecified atom stereocenters. The molecule has 0 aliphatic heterocycles. The molecule has 15 heavy (non-hydrogen) atoms. The van der Waals surface area contributed by atoms with Crippen molar-refractivity contribution in [2.24, 2.45) is 5.92 Å². The normalized spacial score (nSPS) is 26.0. The summed E-state index contributed by atoms with van der Waals surface area (Å²) in [7, 11) is 0. The zero-order valence-electron chi connectivity index (χ0n) is 9.58. The minimum atomic E-state index is 0.722. The molecule has 0 spiro atoms. The van der Waals surface area contributed by atoms with Crippen molar-refractivity contribution >= 4 is 0 Å². The van der Waals surface area contributed by atoms with Crippen molar-refractivity contribution in [3.63, 3.8) is 0 Å². The Balaban J connectivity index is 1.67. The van der Waals surface area contributed by atoms with E-state index in [-0.39, 0.29) is 0 Å². The van der Waals surface area contributed by atoms with Crippen LogP contribution in [0.4, 0.5) is 0 Å². The summed E-state index contributed by atoms with van der Waals surface area (Å²) < 4.78 is 0. The van der Waals surface area contributed by atoms with Crippen LogP contribution >= 0.6 is 0 Å². The fourth-order valence-electron chi connectivity index (χ4n) is 2.28. The van der Waals surface area contributed by atoms with E-state index in [4.69, 9.17) is 0 Å². The number of aryl methyl sites for hydroxylation is 1. The van der Waals surface area contributed by atoms with Crippen LogP contribution in [-0.2, 0) is 6.42 Å². The summed E-state index contributed by atoms with van der Waals surface area (Å²) in [6.45, 7) is 5.26. The first-order valence-corrected chi connectivity index (χ1v) is 5.85. The topological polar surface area (TPSA) is 53.6 Å². The molecular weight excluding hydrogens is 188 g/mol. The number of aromatic nitrogens is 3. The van der Waals surface area contributed by atoms with Crippen LogP contribution in [0.25, 0.3) is 0 Å². The summed E-state index contributed by atoms with van der Waals surface area (Å²) in [5.74, 6) is 2.72. The van der Waals surface area contributed by atoms with E-state index in [0.717, 1.165) is 36.6 Å². The van der Waals surface area contributed by atoms with Gasteiger partial charge in [0.25, 0.3) is 0 Å². The first-order chi connectivity index (χ1) is 7.24. The summed E-state index contributed by atoms with van der Waals surface area (Å²) >= 11 is 0. The molecule has 1 fully saturated rings. The van der Waals surface area contributed by atoms with Gasteiger partial charge in [0.05, 0.1) is 0 Å². The third-order valence-electron chi connectivity index (χ3n) is 3.12. The van der Waals surface area contributed by atoms with Crippen LogP contribution in [0.15, 0.2) is 0 Å². The van der Waals surface area contributed by atoms with Crippen LogP contribution in [0, 0.1) is 12.8 Å². The molecule has 0 bridgehead atoms. The molecule has 2 rings (SSSR count). The molecule has 0 radical (unpaired) electrons. The van der Waals surface area contributed by atoms with Crippen LogP contribution < -0.4 is 5.32 Å². The monoisotopic (exact) mass is 208 g/mol. The van der Waals surface area contributed by atoms with Crippen molar-refractivity contribution in [3.8, 4) is 0 Å². The van der Waals surface area contributed by atoms with Gasteiger partial charge in [0.1, 0.15) is 5.82 Å². The van der Waals surface area contributed by atoms with Crippen molar-refractivity contribution < 1.29 is 0 Å². The van der Waals surface area contributed by atoms with Gasteiger partial charge in [0.15, 0.2) is 5.82 Å². The minimum absolute atomic E-state index is 0.722. The number of aromatic amines is 1. The van der Waals surface area contributed by atoms with E-state index in [1.54, 1.807) is 0 Å². The standard InChI is InChI=1S/C11H20N4/c1-8-3-4-10(7-8)12-6-5-11-13-9(2)14-15-11/h8,10,12H,3-7H2,1-2H3,(H,13,14,15). The SMILES string of the molecule is Cc1nc(CCNC2CCC(C)C2)n[nH]1. The maximum Gasteiger partial charge on any atom is 0.151 e. The third-order valence-corrected chi connectivity index (χ3v) is 3.12. The molecule has 0 saturated heterocycles. The first kappa shape index (κ1) is 10.6. The number of hydrogen-bond donors (Lipinski definition) is 2. The maximum absolute atomic E-state index is 4.28. The van der Waals surface area contributed by atoms with Gasteiger partial charge in [0.2, 0.25) is 0 Å². The Morgan fingerprint density at radius 1 is 1.47 bits per heavy atom. The van der Waals surface area contributed by atoms with Gasteiger partial charge in [-0.3, -0.25) is 5.10 Å². The Morgan fingerprint density at radius 3 is 2.93 bits per heavy atom. The molecule has 1 heterocycles. The van der Waals surface area contributed by atoms with Crippen molar-refractivity contribution in [3.05, 3.63) is 11.6 Å². The highest BCUT2D eigenvalue weighted by molar-refractivity contribution is 4.89. The lowest BCUT2D eigenvalue weighted by Gasteiger charge is -2.10. The molecule has 1 aliphatic rings. The van der Waals surface area contributed by atoms with Crippen LogP contribution in [0.2, 0.25) is 0 Å². The Morgan fingerprint density at radius 2 is 2.33 bits per heavy atom. The van der Waals surface area contributed by atoms with Gasteiger partial charge in [0, 0.05) is 19.0 Å². The summed E-state index contributed by atoms with van der Waals surface area (Å²) in [5.41, 5.74) is 0. The average molecular weight is 208 g/mol. The predicted molar refractivity (Wildman–Crippen MR) is 59.6 cm³/mol. The van der Waals surface area contributed by atoms with Crippen molar-refractivity contribution in [1.29, 1.82) is 0 Å². The van der Waals surface area contributed by atoms with E-state index >= 15 is 0 Å². The van der Waals surface area contributed by atoms with Crippen LogP contribution in [0.3, 0.4) is 0 Å². The molecule has 1 aliphatic carbocycles. The van der Waals surface area contributed by atoms with Crippen molar-refractivity contribution in [2.75, 3.05) is 6.54 Å². The van der Waals surface area contributed by atoms with Crippen LogP contribution in [0.1, 0.15) is 37.8 Å². The van der Waals surface area contributed by atoms with Gasteiger partial charge in [-0.25, -0.2) is 4.98 Å². The Labute approximate surface area is 90.9 Å². The Hall–Kier alpha value is -0.900. The second-order valence-electron chi connectivity index (χ2n) is 4.66. The van der Waals surface area contributed by atoms with E-state index < -0.39 is 0 Å². The molecule has 84 valence electrons. The molecule has 1 aromatic heterocycles. The Kier molecular flexibility index (Phi) is 3.36. The van der Waals surface area contributed by atoms with E-state index in [2.05, 4.69) is 27.4 Å². The molecule has 4 nitrogen and oxygen atoms in total. The van der Waals surface area contributed by atoms with Crippen LogP contribution in [0.5, 0.6) is 0 Å². The van der Waals surface area contributed by atoms with Crippen LogP contribution in [-0.4, -0.2) is 27.8 Å². The summed E-state index contributed by atoms with van der Waals surface area (Å²) in [5, 5.41) is 10.6. The van der Waals surface area contributed by atoms with Gasteiger partial charge in [-0.1, -0.05) is 6.92 Å². The number of rotatable bonds is 4. The van der Waals surface area contributed by atoms with E-state index in [1.807, 2.05) is 6.92 Å². The smallest absolute Gasteiger partial charge is 0.151 e. The third kappa shape index (κ3) is 3.02. The van der Waals surface area contributed by atoms with Gasteiger partial charge in [-0.05, 0) is 32.1 Å². The van der Waals surface area contributed by atoms with E-state index in [0.29, 0.717) is 0 Å². The number of nitrogens with one attached hydrogen (secondary N) is 2. The highest BCUT2D eigenvalue weighted by atomic mass is 15.2. The lowest BCUT2D eigenvalue weighted by Crippen LogP contribution is -2.28. The number of H-pyrrole nitrogens is 1. The quantitative estimate of drug-likeness (QED) is 0.787. The summed E-state index contributed by atoms with van der Waals surface area (Å²) in [4.78, 5) is 4.28. The van der Waals surface area contributed by atoms with Gasteiger partial charge >= 0.3 is 0 Å². The predicted octanol–water partition coefficient (Wildman–Crippen LogP) is 1.43. The molecule has 4 heteroatoms. The second kappa shape index (κ2) is 4.75. The Bertz CT molecular complexity index is 307. The van der Waals surface area contributed by atoms with Crippen molar-refractivity contribution in [2.45, 2.75) is 45.6 Å². The van der Waals surface area contributed by atoms with Crippen molar-refractivity contribution in [1.82, 2.24) is 20.5 Å². The molecule has 2 atom stereocenters. The van der Waals surface area contributed by atoms with E-state index in [1.165, 1.54) is 19.3 Å². The molecule has 0 aromatic carbocycles. The first-order valence-electron chi connectivity index (χ1n) is 5.85. The fourth-order valence-corrected chi connectivity index (χ4v) is 2.28. The number of nitrogens with zero attached hydrogens (tertiary/aromatic N) is 2. The fraction of sp³-hybridized carbons (Fsp3) is 0.818. The second-order valence-corrected chi connectivity index (χ2v) is 4.66. The summed E-state index contributed by atoms with van der Waals surface area (Å²) in [6, 6.07) is 0.722. The molecule has 1 saturated carbocycles. The zero-order valence-corrected chi connectivity index (χ0v) is 9.58. The largest absolute Gasteiger partial charge is 0.314 e. The van der Waals surface area contributed by atoms with Gasteiger partial charge in [-0.15, -0.1) is 0 Å². The highest BCUT2D eigenvalue weighted by Crippen LogP contribution is 2.24. The highest BCUT2D eigenvalue weighted by Gasteiger charge is 2.20. The van der Waals surface area contributed by atoms with Gasteiger partial charge < -0.3 is 5.32 Å². The summed E-state index contributed by atoms with van der Waals surface area (Å²) in [6.07, 6.45) is 4.95. The zero-order chi connectivity index (χ0) is 10.7. The molecular formula is C11H20N4. The number of hydrogen-bond acceptors (Lipinski definition) is 3. The average Bonchev–Trinajstić information content (AvgIpc) is 2.76. The molecule has 2 N–H and O–H groups in total.